The van der Waals surface area contributed by atoms with E-state index in [1.165, 1.54) is 180 Å². The molecule has 11 nitrogen and oxygen atoms in total. The van der Waals surface area contributed by atoms with Crippen molar-refractivity contribution < 1.29 is 50.0 Å². The van der Waals surface area contributed by atoms with Crippen LogP contribution in [0.1, 0.15) is 258 Å². The monoisotopic (exact) mass is 902 g/mol. The minimum atomic E-state index is -1.66. The quantitative estimate of drug-likeness (QED) is 0.0273. The first-order valence-electron chi connectivity index (χ1n) is 26.9. The second kappa shape index (κ2) is 42.5. The van der Waals surface area contributed by atoms with Gasteiger partial charge in [-0.1, -0.05) is 245 Å². The number of hydrogen-bond donors (Lipinski definition) is 8. The maximum Gasteiger partial charge on any atom is 0.249 e. The third kappa shape index (κ3) is 31.7. The van der Waals surface area contributed by atoms with Crippen LogP contribution in [0, 0.1) is 0 Å². The summed E-state index contributed by atoms with van der Waals surface area (Å²) >= 11 is 0. The molecule has 1 heterocycles. The molecule has 0 bridgehead atoms. The first kappa shape index (κ1) is 60.1. The van der Waals surface area contributed by atoms with E-state index in [9.17, 15) is 40.5 Å². The SMILES string of the molecule is CCCCCCCCCCCCCCCCCCCCCCCC(O)C(=O)NC(COC1OC(CO)C(O)C(O)C1O)C(O)C(O)CCCCCCCCCCCCCCCCC. The molecular formula is C52H103NO10. The Morgan fingerprint density at radius 3 is 1.17 bits per heavy atom. The van der Waals surface area contributed by atoms with Crippen LogP contribution in [0.2, 0.25) is 0 Å². The van der Waals surface area contributed by atoms with Crippen molar-refractivity contribution in [2.45, 2.75) is 313 Å². The van der Waals surface area contributed by atoms with Crippen LogP contribution in [0.3, 0.4) is 0 Å². The highest BCUT2D eigenvalue weighted by atomic mass is 16.7. The summed E-state index contributed by atoms with van der Waals surface area (Å²) in [6.07, 6.45) is 34.3. The smallest absolute Gasteiger partial charge is 0.249 e. The molecule has 9 unspecified atom stereocenters. The average Bonchev–Trinajstić information content (AvgIpc) is 3.28. The van der Waals surface area contributed by atoms with E-state index in [0.29, 0.717) is 19.3 Å². The molecular weight excluding hydrogens is 799 g/mol. The number of carbonyl (C=O) groups is 1. The number of aliphatic hydroxyl groups is 7. The summed E-state index contributed by atoms with van der Waals surface area (Å²) in [7, 11) is 0. The number of nitrogens with one attached hydrogen (secondary N) is 1. The average molecular weight is 902 g/mol. The highest BCUT2D eigenvalue weighted by Crippen LogP contribution is 2.23. The van der Waals surface area contributed by atoms with Gasteiger partial charge < -0.3 is 50.5 Å². The van der Waals surface area contributed by atoms with E-state index in [2.05, 4.69) is 19.2 Å². The zero-order valence-corrected chi connectivity index (χ0v) is 40.8. The Kier molecular flexibility index (Phi) is 40.5. The maximum atomic E-state index is 13.1. The normalized spacial score (nSPS) is 21.1. The van der Waals surface area contributed by atoms with Crippen LogP contribution >= 0.6 is 0 Å². The maximum absolute atomic E-state index is 13.1. The van der Waals surface area contributed by atoms with Gasteiger partial charge in [-0.2, -0.15) is 0 Å². The van der Waals surface area contributed by atoms with Crippen molar-refractivity contribution in [1.82, 2.24) is 5.32 Å². The van der Waals surface area contributed by atoms with Gasteiger partial charge in [-0.3, -0.25) is 4.79 Å². The number of rotatable bonds is 46. The fraction of sp³-hybridized carbons (Fsp3) is 0.981. The molecule has 1 rings (SSSR count). The zero-order chi connectivity index (χ0) is 46.2. The van der Waals surface area contributed by atoms with Crippen molar-refractivity contribution in [3.05, 3.63) is 0 Å². The van der Waals surface area contributed by atoms with E-state index in [0.717, 1.165) is 38.5 Å². The summed E-state index contributed by atoms with van der Waals surface area (Å²) in [5.74, 6) is -0.691. The molecule has 8 N–H and O–H groups in total. The lowest BCUT2D eigenvalue weighted by Crippen LogP contribution is -2.60. The lowest BCUT2D eigenvalue weighted by Gasteiger charge is -2.40. The first-order chi connectivity index (χ1) is 30.7. The van der Waals surface area contributed by atoms with Crippen molar-refractivity contribution in [1.29, 1.82) is 0 Å². The topological polar surface area (TPSA) is 189 Å². The molecule has 1 aliphatic rings. The lowest BCUT2D eigenvalue weighted by atomic mass is 9.98. The minimum Gasteiger partial charge on any atom is -0.394 e. The molecule has 9 atom stereocenters. The first-order valence-corrected chi connectivity index (χ1v) is 26.9. The van der Waals surface area contributed by atoms with Crippen molar-refractivity contribution in [2.24, 2.45) is 0 Å². The summed E-state index contributed by atoms with van der Waals surface area (Å²) in [6.45, 7) is 3.48. The van der Waals surface area contributed by atoms with Crippen LogP contribution in [0.4, 0.5) is 0 Å². The Balaban J connectivity index is 2.34. The summed E-state index contributed by atoms with van der Waals surface area (Å²) < 4.78 is 11.1. The van der Waals surface area contributed by atoms with Crippen molar-refractivity contribution in [2.75, 3.05) is 13.2 Å². The molecule has 1 fully saturated rings. The number of amides is 1. The van der Waals surface area contributed by atoms with E-state index in [1.807, 2.05) is 0 Å². The summed E-state index contributed by atoms with van der Waals surface area (Å²) in [5, 5.41) is 76.0. The van der Waals surface area contributed by atoms with Gasteiger partial charge in [0.2, 0.25) is 5.91 Å². The molecule has 0 radical (unpaired) electrons. The molecule has 11 heteroatoms. The molecule has 63 heavy (non-hydrogen) atoms. The molecule has 0 aliphatic carbocycles. The Hall–Kier alpha value is -0.890. The highest BCUT2D eigenvalue weighted by Gasteiger charge is 2.44. The van der Waals surface area contributed by atoms with E-state index in [4.69, 9.17) is 9.47 Å². The van der Waals surface area contributed by atoms with Crippen LogP contribution in [-0.4, -0.2) is 110 Å². The van der Waals surface area contributed by atoms with Gasteiger partial charge >= 0.3 is 0 Å². The van der Waals surface area contributed by atoms with Crippen molar-refractivity contribution in [3.8, 4) is 0 Å². The molecule has 1 amide bonds. The van der Waals surface area contributed by atoms with Gasteiger partial charge in [0, 0.05) is 0 Å². The predicted molar refractivity (Wildman–Crippen MR) is 256 cm³/mol. The third-order valence-electron chi connectivity index (χ3n) is 13.4. The lowest BCUT2D eigenvalue weighted by molar-refractivity contribution is -0.303. The minimum absolute atomic E-state index is 0.267. The van der Waals surface area contributed by atoms with Crippen LogP contribution in [0.15, 0.2) is 0 Å². The van der Waals surface area contributed by atoms with E-state index in [-0.39, 0.29) is 6.42 Å². The van der Waals surface area contributed by atoms with Crippen molar-refractivity contribution >= 4 is 5.91 Å². The largest absolute Gasteiger partial charge is 0.394 e. The molecule has 0 aromatic carbocycles. The van der Waals surface area contributed by atoms with Gasteiger partial charge in [-0.15, -0.1) is 0 Å². The number of carbonyl (C=O) groups excluding carboxylic acids is 1. The van der Waals surface area contributed by atoms with Gasteiger partial charge in [-0.25, -0.2) is 0 Å². The fourth-order valence-electron chi connectivity index (χ4n) is 8.97. The second-order valence-corrected chi connectivity index (χ2v) is 19.3. The van der Waals surface area contributed by atoms with Gasteiger partial charge in [0.05, 0.1) is 25.4 Å². The molecule has 0 saturated carbocycles. The van der Waals surface area contributed by atoms with Gasteiger partial charge in [0.15, 0.2) is 6.29 Å². The molecule has 0 aromatic heterocycles. The number of hydrogen-bond acceptors (Lipinski definition) is 10. The zero-order valence-electron chi connectivity index (χ0n) is 40.8. The molecule has 0 aromatic rings. The van der Waals surface area contributed by atoms with Crippen LogP contribution in [0.25, 0.3) is 0 Å². The third-order valence-corrected chi connectivity index (χ3v) is 13.4. The van der Waals surface area contributed by atoms with Crippen LogP contribution in [-0.2, 0) is 14.3 Å². The Bertz CT molecular complexity index is 991. The number of aliphatic hydroxyl groups excluding tert-OH is 7. The van der Waals surface area contributed by atoms with Crippen LogP contribution in [0.5, 0.6) is 0 Å². The number of unbranched alkanes of at least 4 members (excludes halogenated alkanes) is 34. The van der Waals surface area contributed by atoms with E-state index < -0.39 is 74.2 Å². The van der Waals surface area contributed by atoms with Gasteiger partial charge in [0.25, 0.3) is 0 Å². The molecule has 1 saturated heterocycles. The van der Waals surface area contributed by atoms with Crippen molar-refractivity contribution in [3.63, 3.8) is 0 Å². The van der Waals surface area contributed by atoms with E-state index in [1.54, 1.807) is 0 Å². The fourth-order valence-corrected chi connectivity index (χ4v) is 8.97. The highest BCUT2D eigenvalue weighted by molar-refractivity contribution is 5.80. The second-order valence-electron chi connectivity index (χ2n) is 19.3. The summed E-state index contributed by atoms with van der Waals surface area (Å²) in [5.41, 5.74) is 0. The molecule has 376 valence electrons. The summed E-state index contributed by atoms with van der Waals surface area (Å²) in [4.78, 5) is 13.1. The van der Waals surface area contributed by atoms with Gasteiger partial charge in [0.1, 0.15) is 36.6 Å². The summed E-state index contributed by atoms with van der Waals surface area (Å²) in [6, 6.07) is -1.16. The standard InChI is InChI=1S/C52H103NO10/c1-3-5-7-9-11-13-15-17-19-20-21-22-23-24-26-28-30-32-34-36-38-40-45(56)51(61)53-43(42-62-52-50(60)49(59)48(58)46(41-54)63-52)47(57)44(55)39-37-35-33-31-29-27-25-18-16-14-12-10-8-6-4-2/h43-50,52,54-60H,3-42H2,1-2H3,(H,53,61). The Labute approximate surface area is 386 Å². The predicted octanol–water partition coefficient (Wildman–Crippen LogP) is 10.2. The van der Waals surface area contributed by atoms with Crippen LogP contribution < -0.4 is 5.32 Å². The van der Waals surface area contributed by atoms with Gasteiger partial charge in [-0.05, 0) is 12.8 Å². The Morgan fingerprint density at radius 2 is 0.825 bits per heavy atom. The number of ether oxygens (including phenoxy) is 2. The molecule has 1 aliphatic heterocycles. The Morgan fingerprint density at radius 1 is 0.492 bits per heavy atom. The van der Waals surface area contributed by atoms with E-state index >= 15 is 0 Å². The molecule has 0 spiro atoms.